The number of hydrogen-bond donors (Lipinski definition) is 2. The van der Waals surface area contributed by atoms with Gasteiger partial charge in [-0.3, -0.25) is 4.99 Å². The summed E-state index contributed by atoms with van der Waals surface area (Å²) in [6.07, 6.45) is 0. The van der Waals surface area contributed by atoms with Crippen molar-refractivity contribution >= 4 is 29.9 Å². The molecule has 0 aliphatic carbocycles. The van der Waals surface area contributed by atoms with Gasteiger partial charge in [0, 0.05) is 19.7 Å². The van der Waals surface area contributed by atoms with E-state index in [1.165, 1.54) is 0 Å². The largest absolute Gasteiger partial charge is 0.493 e. The number of aliphatic imine (C=N–C) groups is 1. The third-order valence-corrected chi connectivity index (χ3v) is 3.76. The second-order valence-corrected chi connectivity index (χ2v) is 7.00. The van der Waals surface area contributed by atoms with Gasteiger partial charge in [-0.05, 0) is 29.5 Å². The van der Waals surface area contributed by atoms with E-state index in [0.29, 0.717) is 30.9 Å². The first-order chi connectivity index (χ1) is 12.5. The third-order valence-electron chi connectivity index (χ3n) is 3.76. The van der Waals surface area contributed by atoms with Crippen molar-refractivity contribution in [2.45, 2.75) is 46.7 Å². The molecule has 150 valence electrons. The van der Waals surface area contributed by atoms with Crippen LogP contribution in [0.1, 0.15) is 50.6 Å². The van der Waals surface area contributed by atoms with Gasteiger partial charge in [-0.2, -0.15) is 0 Å². The standard InChI is InChI=1S/C20H30N4O2.HI/c1-14(2)13-25-17-8-6-7-16(9-17)11-22-20(21-5)23-12-18-10-19(15(3)4)24-26-18;/h6-10,14-15H,11-13H2,1-5H3,(H2,21,22,23);1H. The van der Waals surface area contributed by atoms with Crippen LogP contribution in [0.3, 0.4) is 0 Å². The Labute approximate surface area is 179 Å². The van der Waals surface area contributed by atoms with Crippen LogP contribution in [-0.2, 0) is 13.1 Å². The maximum atomic E-state index is 5.78. The van der Waals surface area contributed by atoms with Crippen molar-refractivity contribution < 1.29 is 9.26 Å². The molecule has 6 nitrogen and oxygen atoms in total. The molecule has 0 fully saturated rings. The minimum absolute atomic E-state index is 0. The van der Waals surface area contributed by atoms with Crippen molar-refractivity contribution in [1.82, 2.24) is 15.8 Å². The van der Waals surface area contributed by atoms with E-state index in [4.69, 9.17) is 9.26 Å². The Morgan fingerprint density at radius 3 is 2.52 bits per heavy atom. The Balaban J connectivity index is 0.00000364. The number of nitrogens with one attached hydrogen (secondary N) is 2. The predicted octanol–water partition coefficient (Wildman–Crippen LogP) is 4.32. The van der Waals surface area contributed by atoms with Gasteiger partial charge < -0.3 is 19.9 Å². The molecule has 0 spiro atoms. The van der Waals surface area contributed by atoms with Crippen LogP contribution in [0.15, 0.2) is 39.8 Å². The summed E-state index contributed by atoms with van der Waals surface area (Å²) >= 11 is 0. The quantitative estimate of drug-likeness (QED) is 0.331. The molecule has 0 radical (unpaired) electrons. The van der Waals surface area contributed by atoms with Gasteiger partial charge in [0.1, 0.15) is 5.75 Å². The summed E-state index contributed by atoms with van der Waals surface area (Å²) in [6, 6.07) is 10.1. The number of ether oxygens (including phenoxy) is 1. The van der Waals surface area contributed by atoms with Crippen LogP contribution in [0.4, 0.5) is 0 Å². The molecule has 0 aliphatic heterocycles. The summed E-state index contributed by atoms with van der Waals surface area (Å²) in [7, 11) is 1.75. The summed E-state index contributed by atoms with van der Waals surface area (Å²) in [5, 5.41) is 10.6. The van der Waals surface area contributed by atoms with E-state index in [9.17, 15) is 0 Å². The molecule has 2 rings (SSSR count). The Kier molecular flexibility index (Phi) is 10.2. The first-order valence-electron chi connectivity index (χ1n) is 9.09. The fraction of sp³-hybridized carbons (Fsp3) is 0.500. The van der Waals surface area contributed by atoms with E-state index in [0.717, 1.165) is 29.4 Å². The number of nitrogens with zero attached hydrogens (tertiary/aromatic N) is 2. The minimum atomic E-state index is 0. The fourth-order valence-corrected chi connectivity index (χ4v) is 2.27. The van der Waals surface area contributed by atoms with Gasteiger partial charge in [-0.25, -0.2) is 0 Å². The second kappa shape index (κ2) is 11.8. The Morgan fingerprint density at radius 2 is 1.89 bits per heavy atom. The van der Waals surface area contributed by atoms with Crippen LogP contribution < -0.4 is 15.4 Å². The highest BCUT2D eigenvalue weighted by Gasteiger charge is 2.08. The predicted molar refractivity (Wildman–Crippen MR) is 120 cm³/mol. The van der Waals surface area contributed by atoms with Crippen LogP contribution >= 0.6 is 24.0 Å². The Bertz CT molecular complexity index is 714. The molecule has 1 heterocycles. The molecular weight excluding hydrogens is 455 g/mol. The Hall–Kier alpha value is -1.77. The highest BCUT2D eigenvalue weighted by molar-refractivity contribution is 14.0. The van der Waals surface area contributed by atoms with Gasteiger partial charge >= 0.3 is 0 Å². The van der Waals surface area contributed by atoms with Crippen LogP contribution in [0.5, 0.6) is 5.75 Å². The van der Waals surface area contributed by atoms with E-state index in [2.05, 4.69) is 54.5 Å². The maximum Gasteiger partial charge on any atom is 0.191 e. The third kappa shape index (κ3) is 8.19. The van der Waals surface area contributed by atoms with E-state index in [1.807, 2.05) is 24.3 Å². The lowest BCUT2D eigenvalue weighted by Crippen LogP contribution is -2.36. The highest BCUT2D eigenvalue weighted by Crippen LogP contribution is 2.15. The molecule has 2 aromatic rings. The maximum absolute atomic E-state index is 5.78. The first kappa shape index (κ1) is 23.3. The molecule has 0 aliphatic rings. The van der Waals surface area contributed by atoms with Crippen molar-refractivity contribution in [2.75, 3.05) is 13.7 Å². The lowest BCUT2D eigenvalue weighted by molar-refractivity contribution is 0.271. The number of halogens is 1. The molecule has 0 saturated carbocycles. The molecule has 0 bridgehead atoms. The zero-order valence-corrected chi connectivity index (χ0v) is 19.1. The minimum Gasteiger partial charge on any atom is -0.493 e. The fourth-order valence-electron chi connectivity index (χ4n) is 2.27. The molecule has 0 saturated heterocycles. The molecule has 7 heteroatoms. The van der Waals surface area contributed by atoms with Crippen molar-refractivity contribution in [3.05, 3.63) is 47.3 Å². The number of benzene rings is 1. The van der Waals surface area contributed by atoms with Gasteiger partial charge in [0.15, 0.2) is 11.7 Å². The average molecular weight is 486 g/mol. The van der Waals surface area contributed by atoms with Gasteiger partial charge in [-0.15, -0.1) is 24.0 Å². The van der Waals surface area contributed by atoms with Gasteiger partial charge in [0.05, 0.1) is 18.8 Å². The molecule has 0 unspecified atom stereocenters. The number of hydrogen-bond acceptors (Lipinski definition) is 4. The van der Waals surface area contributed by atoms with Gasteiger partial charge in [0.25, 0.3) is 0 Å². The van der Waals surface area contributed by atoms with Crippen LogP contribution in [-0.4, -0.2) is 24.8 Å². The lowest BCUT2D eigenvalue weighted by Gasteiger charge is -2.12. The average Bonchev–Trinajstić information content (AvgIpc) is 3.10. The van der Waals surface area contributed by atoms with E-state index >= 15 is 0 Å². The van der Waals surface area contributed by atoms with E-state index < -0.39 is 0 Å². The topological polar surface area (TPSA) is 71.7 Å². The lowest BCUT2D eigenvalue weighted by atomic mass is 10.1. The molecular formula is C20H31IN4O2. The van der Waals surface area contributed by atoms with E-state index in [-0.39, 0.29) is 24.0 Å². The van der Waals surface area contributed by atoms with Crippen molar-refractivity contribution in [1.29, 1.82) is 0 Å². The van der Waals surface area contributed by atoms with Crippen molar-refractivity contribution in [3.8, 4) is 5.75 Å². The molecule has 0 atom stereocenters. The molecule has 1 aromatic carbocycles. The van der Waals surface area contributed by atoms with Crippen molar-refractivity contribution in [3.63, 3.8) is 0 Å². The Morgan fingerprint density at radius 1 is 1.15 bits per heavy atom. The number of guanidine groups is 1. The molecule has 2 N–H and O–H groups in total. The van der Waals surface area contributed by atoms with Gasteiger partial charge in [-0.1, -0.05) is 45.0 Å². The summed E-state index contributed by atoms with van der Waals surface area (Å²) in [4.78, 5) is 4.24. The summed E-state index contributed by atoms with van der Waals surface area (Å²) in [5.74, 6) is 3.26. The normalized spacial score (nSPS) is 11.4. The zero-order chi connectivity index (χ0) is 18.9. The summed E-state index contributed by atoms with van der Waals surface area (Å²) in [6.45, 7) is 10.4. The SMILES string of the molecule is CN=C(NCc1cccc(OCC(C)C)c1)NCc1cc(C(C)C)no1.I. The molecule has 0 amide bonds. The second-order valence-electron chi connectivity index (χ2n) is 7.00. The molecule has 27 heavy (non-hydrogen) atoms. The van der Waals surface area contributed by atoms with Crippen LogP contribution in [0, 0.1) is 5.92 Å². The van der Waals surface area contributed by atoms with Crippen molar-refractivity contribution in [2.24, 2.45) is 10.9 Å². The summed E-state index contributed by atoms with van der Waals surface area (Å²) < 4.78 is 11.1. The van der Waals surface area contributed by atoms with Gasteiger partial charge in [0.2, 0.25) is 0 Å². The first-order valence-corrected chi connectivity index (χ1v) is 9.09. The highest BCUT2D eigenvalue weighted by atomic mass is 127. The molecule has 1 aromatic heterocycles. The summed E-state index contributed by atoms with van der Waals surface area (Å²) in [5.41, 5.74) is 2.10. The smallest absolute Gasteiger partial charge is 0.191 e. The number of aromatic nitrogens is 1. The number of rotatable bonds is 8. The van der Waals surface area contributed by atoms with Crippen LogP contribution in [0.25, 0.3) is 0 Å². The zero-order valence-electron chi connectivity index (χ0n) is 16.8. The van der Waals surface area contributed by atoms with E-state index in [1.54, 1.807) is 7.05 Å². The van der Waals surface area contributed by atoms with Crippen LogP contribution in [0.2, 0.25) is 0 Å². The monoisotopic (exact) mass is 486 g/mol.